The maximum absolute atomic E-state index is 12.2. The Balaban J connectivity index is 0.00000192. The number of likely N-dealkylation sites (tertiary alicyclic amines) is 1. The lowest BCUT2D eigenvalue weighted by molar-refractivity contribution is -0.914. The zero-order valence-corrected chi connectivity index (χ0v) is 14.9. The molecule has 23 heavy (non-hydrogen) atoms. The number of carbonyl (C=O) groups is 1. The van der Waals surface area contributed by atoms with Crippen LogP contribution in [0.4, 0.5) is 0 Å². The Labute approximate surface area is 146 Å². The van der Waals surface area contributed by atoms with Crippen LogP contribution in [0.5, 0.6) is 0 Å². The minimum absolute atomic E-state index is 0. The predicted octanol–water partition coefficient (Wildman–Crippen LogP) is 0.632. The third-order valence-electron chi connectivity index (χ3n) is 5.37. The molecule has 0 N–H and O–H groups in total. The van der Waals surface area contributed by atoms with E-state index in [0.29, 0.717) is 19.1 Å². The molecule has 3 nitrogen and oxygen atoms in total. The number of carbonyl (C=O) groups excluding carboxylic acids is 1. The summed E-state index contributed by atoms with van der Waals surface area (Å²) in [6.45, 7) is 2.79. The lowest BCUT2D eigenvalue weighted by Gasteiger charge is -2.28. The number of hydrogen-bond acceptors (Lipinski definition) is 2. The molecule has 2 fully saturated rings. The van der Waals surface area contributed by atoms with Crippen LogP contribution in [0.25, 0.3) is 0 Å². The molecule has 0 atom stereocenters. The lowest BCUT2D eigenvalue weighted by Crippen LogP contribution is -3.00. The summed E-state index contributed by atoms with van der Waals surface area (Å²) in [5.74, 6) is 0.573. The van der Waals surface area contributed by atoms with Gasteiger partial charge in [-0.25, -0.2) is 0 Å². The van der Waals surface area contributed by atoms with Crippen molar-refractivity contribution in [2.75, 3.05) is 26.9 Å². The standard InChI is InChI=1S/C19H28NO2.ClH/c1-20(12-6-7-13-20)15-22-19(21)14-17-10-4-5-11-18(17)16-8-2-3-9-16;/h4-5,10-11,16H,2-3,6-9,12-15H2,1H3;1H/q+1;/p-1. The first-order valence-electron chi connectivity index (χ1n) is 8.73. The molecular weight excluding hydrogens is 310 g/mol. The van der Waals surface area contributed by atoms with Crippen molar-refractivity contribution < 1.29 is 26.4 Å². The highest BCUT2D eigenvalue weighted by Gasteiger charge is 2.28. The molecule has 4 heteroatoms. The summed E-state index contributed by atoms with van der Waals surface area (Å²) in [6.07, 6.45) is 8.09. The zero-order valence-electron chi connectivity index (χ0n) is 14.1. The molecule has 0 unspecified atom stereocenters. The number of hydrogen-bond donors (Lipinski definition) is 0. The lowest BCUT2D eigenvalue weighted by atomic mass is 9.91. The molecular formula is C19H28ClNO2. The van der Waals surface area contributed by atoms with E-state index in [9.17, 15) is 4.79 Å². The van der Waals surface area contributed by atoms with E-state index < -0.39 is 0 Å². The molecule has 1 saturated heterocycles. The fraction of sp³-hybridized carbons (Fsp3) is 0.632. The second kappa shape index (κ2) is 8.16. The molecule has 1 heterocycles. The second-order valence-electron chi connectivity index (χ2n) is 7.28. The van der Waals surface area contributed by atoms with Gasteiger partial charge in [-0.05, 0) is 29.9 Å². The number of benzene rings is 1. The average molecular weight is 338 g/mol. The first kappa shape index (κ1) is 18.3. The van der Waals surface area contributed by atoms with Crippen LogP contribution in [-0.2, 0) is 16.0 Å². The summed E-state index contributed by atoms with van der Waals surface area (Å²) < 4.78 is 6.47. The number of esters is 1. The molecule has 1 aliphatic heterocycles. The first-order chi connectivity index (χ1) is 10.7. The Hall–Kier alpha value is -1.06. The van der Waals surface area contributed by atoms with Crippen LogP contribution >= 0.6 is 0 Å². The van der Waals surface area contributed by atoms with Gasteiger partial charge >= 0.3 is 5.97 Å². The quantitative estimate of drug-likeness (QED) is 0.582. The molecule has 0 spiro atoms. The normalized spacial score (nSPS) is 20.2. The van der Waals surface area contributed by atoms with Crippen molar-refractivity contribution >= 4 is 5.97 Å². The van der Waals surface area contributed by atoms with E-state index in [1.807, 2.05) is 6.07 Å². The molecule has 1 aliphatic carbocycles. The van der Waals surface area contributed by atoms with Crippen LogP contribution < -0.4 is 12.4 Å². The molecule has 0 aromatic heterocycles. The smallest absolute Gasteiger partial charge is 0.314 e. The summed E-state index contributed by atoms with van der Waals surface area (Å²) >= 11 is 0. The predicted molar refractivity (Wildman–Crippen MR) is 87.5 cm³/mol. The second-order valence-corrected chi connectivity index (χ2v) is 7.28. The fourth-order valence-corrected chi connectivity index (χ4v) is 3.99. The van der Waals surface area contributed by atoms with Crippen molar-refractivity contribution in [3.63, 3.8) is 0 Å². The van der Waals surface area contributed by atoms with E-state index in [1.165, 1.54) is 49.7 Å². The summed E-state index contributed by atoms with van der Waals surface area (Å²) in [5.41, 5.74) is 2.54. The van der Waals surface area contributed by atoms with Crippen LogP contribution in [-0.4, -0.2) is 37.3 Å². The summed E-state index contributed by atoms with van der Waals surface area (Å²) in [5, 5.41) is 0. The van der Waals surface area contributed by atoms with E-state index in [4.69, 9.17) is 4.74 Å². The zero-order chi connectivity index (χ0) is 15.4. The van der Waals surface area contributed by atoms with Gasteiger partial charge in [0.15, 0.2) is 0 Å². The van der Waals surface area contributed by atoms with Gasteiger partial charge in [0, 0.05) is 12.8 Å². The van der Waals surface area contributed by atoms with Crippen LogP contribution in [0.1, 0.15) is 55.6 Å². The third kappa shape index (κ3) is 4.71. The molecule has 128 valence electrons. The van der Waals surface area contributed by atoms with Crippen LogP contribution in [0.2, 0.25) is 0 Å². The highest BCUT2D eigenvalue weighted by molar-refractivity contribution is 5.73. The number of ether oxygens (including phenoxy) is 1. The van der Waals surface area contributed by atoms with Gasteiger partial charge in [0.05, 0.1) is 26.6 Å². The van der Waals surface area contributed by atoms with Crippen LogP contribution in [0, 0.1) is 0 Å². The average Bonchev–Trinajstić information content (AvgIpc) is 3.18. The molecule has 1 aromatic carbocycles. The van der Waals surface area contributed by atoms with Crippen molar-refractivity contribution in [1.29, 1.82) is 0 Å². The van der Waals surface area contributed by atoms with Gasteiger partial charge in [-0.2, -0.15) is 0 Å². The number of quaternary nitrogens is 1. The van der Waals surface area contributed by atoms with Crippen molar-refractivity contribution in [2.24, 2.45) is 0 Å². The number of rotatable bonds is 5. The van der Waals surface area contributed by atoms with Gasteiger partial charge in [-0.1, -0.05) is 37.1 Å². The van der Waals surface area contributed by atoms with Crippen molar-refractivity contribution in [3.8, 4) is 0 Å². The van der Waals surface area contributed by atoms with E-state index in [-0.39, 0.29) is 18.4 Å². The summed E-state index contributed by atoms with van der Waals surface area (Å²) in [6, 6.07) is 8.43. The topological polar surface area (TPSA) is 26.3 Å². The van der Waals surface area contributed by atoms with Crippen molar-refractivity contribution in [1.82, 2.24) is 0 Å². The Kier molecular flexibility index (Phi) is 6.49. The van der Waals surface area contributed by atoms with Crippen LogP contribution in [0.15, 0.2) is 24.3 Å². The van der Waals surface area contributed by atoms with Gasteiger partial charge in [0.2, 0.25) is 6.73 Å². The summed E-state index contributed by atoms with van der Waals surface area (Å²) in [4.78, 5) is 12.2. The van der Waals surface area contributed by atoms with Gasteiger partial charge < -0.3 is 17.1 Å². The Morgan fingerprint density at radius 1 is 1.13 bits per heavy atom. The maximum atomic E-state index is 12.2. The number of halogens is 1. The molecule has 3 rings (SSSR count). The Morgan fingerprint density at radius 2 is 1.78 bits per heavy atom. The molecule has 1 aromatic rings. The van der Waals surface area contributed by atoms with Gasteiger partial charge in [0.1, 0.15) is 0 Å². The van der Waals surface area contributed by atoms with E-state index in [2.05, 4.69) is 25.2 Å². The summed E-state index contributed by atoms with van der Waals surface area (Å²) in [7, 11) is 2.19. The Morgan fingerprint density at radius 3 is 2.48 bits per heavy atom. The molecule has 2 aliphatic rings. The van der Waals surface area contributed by atoms with Crippen LogP contribution in [0.3, 0.4) is 0 Å². The van der Waals surface area contributed by atoms with Gasteiger partial charge in [-0.15, -0.1) is 0 Å². The highest BCUT2D eigenvalue weighted by atomic mass is 35.5. The minimum Gasteiger partial charge on any atom is -1.00 e. The van der Waals surface area contributed by atoms with Crippen molar-refractivity contribution in [2.45, 2.75) is 50.9 Å². The molecule has 0 bridgehead atoms. The third-order valence-corrected chi connectivity index (χ3v) is 5.37. The Bertz CT molecular complexity index is 520. The maximum Gasteiger partial charge on any atom is 0.314 e. The van der Waals surface area contributed by atoms with E-state index >= 15 is 0 Å². The minimum atomic E-state index is -0.0725. The molecule has 0 amide bonds. The largest absolute Gasteiger partial charge is 1.00 e. The van der Waals surface area contributed by atoms with E-state index in [1.54, 1.807) is 0 Å². The molecule has 0 radical (unpaired) electrons. The SMILES string of the molecule is C[N+]1(COC(=O)Cc2ccccc2C2CCCC2)CCCC1.[Cl-]. The van der Waals surface area contributed by atoms with Gasteiger partial charge in [-0.3, -0.25) is 9.28 Å². The first-order valence-corrected chi connectivity index (χ1v) is 8.73. The number of nitrogens with zero attached hydrogens (tertiary/aromatic N) is 1. The monoisotopic (exact) mass is 337 g/mol. The van der Waals surface area contributed by atoms with Gasteiger partial charge in [0.25, 0.3) is 0 Å². The molecule has 1 saturated carbocycles. The highest BCUT2D eigenvalue weighted by Crippen LogP contribution is 2.35. The van der Waals surface area contributed by atoms with Crippen molar-refractivity contribution in [3.05, 3.63) is 35.4 Å². The van der Waals surface area contributed by atoms with E-state index in [0.717, 1.165) is 17.6 Å². The fourth-order valence-electron chi connectivity index (χ4n) is 3.99.